The van der Waals surface area contributed by atoms with Crippen LogP contribution in [0.1, 0.15) is 6.92 Å². The first-order valence-corrected chi connectivity index (χ1v) is 6.83. The summed E-state index contributed by atoms with van der Waals surface area (Å²) in [4.78, 5) is 0. The molecule has 0 aromatic heterocycles. The molecule has 0 N–H and O–H groups in total. The van der Waals surface area contributed by atoms with Gasteiger partial charge in [-0.3, -0.25) is 0 Å². The van der Waals surface area contributed by atoms with Gasteiger partial charge in [-0.25, -0.2) is 0 Å². The highest BCUT2D eigenvalue weighted by Gasteiger charge is 2.37. The average Bonchev–Trinajstić information content (AvgIpc) is 2.30. The molecule has 0 aliphatic carbocycles. The fourth-order valence-electron chi connectivity index (χ4n) is 1.07. The lowest BCUT2D eigenvalue weighted by Crippen LogP contribution is -2.43. The molecule has 0 spiro atoms. The van der Waals surface area contributed by atoms with Gasteiger partial charge in [0.2, 0.25) is 0 Å². The molecule has 1 unspecified atom stereocenters. The SMILES string of the molecule is COC(C)COCC[Si](OC)(OC)OC. The molecule has 1 atom stereocenters. The predicted octanol–water partition coefficient (Wildman–Crippen LogP) is 0.916. The first-order chi connectivity index (χ1) is 7.14. The summed E-state index contributed by atoms with van der Waals surface area (Å²) in [6, 6.07) is 0.646. The molecule has 0 heterocycles. The first kappa shape index (κ1) is 15.0. The van der Waals surface area contributed by atoms with Crippen LogP contribution in [0.5, 0.6) is 0 Å². The third-order valence-electron chi connectivity index (χ3n) is 2.24. The number of hydrogen-bond donors (Lipinski definition) is 0. The van der Waals surface area contributed by atoms with Gasteiger partial charge in [0.1, 0.15) is 0 Å². The molecule has 0 saturated heterocycles. The Morgan fingerprint density at radius 3 is 1.93 bits per heavy atom. The number of ether oxygens (including phenoxy) is 2. The minimum atomic E-state index is -2.47. The maximum atomic E-state index is 5.42. The fourth-order valence-corrected chi connectivity index (χ4v) is 2.58. The van der Waals surface area contributed by atoms with Gasteiger partial charge in [0, 0.05) is 34.5 Å². The molecule has 5 nitrogen and oxygen atoms in total. The van der Waals surface area contributed by atoms with Crippen LogP contribution in [0.2, 0.25) is 6.04 Å². The fraction of sp³-hybridized carbons (Fsp3) is 1.00. The lowest BCUT2D eigenvalue weighted by molar-refractivity contribution is 0.0176. The molecule has 0 aromatic rings. The van der Waals surface area contributed by atoms with Crippen molar-refractivity contribution < 1.29 is 22.8 Å². The van der Waals surface area contributed by atoms with E-state index in [0.29, 0.717) is 19.3 Å². The highest BCUT2D eigenvalue weighted by molar-refractivity contribution is 6.60. The van der Waals surface area contributed by atoms with E-state index >= 15 is 0 Å². The Kier molecular flexibility index (Phi) is 8.21. The summed E-state index contributed by atoms with van der Waals surface area (Å²) in [5.74, 6) is 0. The second-order valence-electron chi connectivity index (χ2n) is 3.17. The van der Waals surface area contributed by atoms with Crippen LogP contribution >= 0.6 is 0 Å². The Bertz CT molecular complexity index is 143. The molecule has 0 aromatic carbocycles. The van der Waals surface area contributed by atoms with E-state index in [9.17, 15) is 0 Å². The number of rotatable bonds is 9. The van der Waals surface area contributed by atoms with Gasteiger partial charge in [0.05, 0.1) is 19.3 Å². The third-order valence-corrected chi connectivity index (χ3v) is 4.92. The van der Waals surface area contributed by atoms with Crippen LogP contribution in [-0.2, 0) is 22.8 Å². The largest absolute Gasteiger partial charge is 0.502 e. The minimum Gasteiger partial charge on any atom is -0.379 e. The maximum Gasteiger partial charge on any atom is 0.502 e. The van der Waals surface area contributed by atoms with E-state index in [2.05, 4.69) is 0 Å². The van der Waals surface area contributed by atoms with Crippen molar-refractivity contribution in [2.24, 2.45) is 0 Å². The predicted molar refractivity (Wildman–Crippen MR) is 58.9 cm³/mol. The molecule has 0 rings (SSSR count). The van der Waals surface area contributed by atoms with Crippen LogP contribution in [0.15, 0.2) is 0 Å². The van der Waals surface area contributed by atoms with Gasteiger partial charge in [-0.05, 0) is 6.92 Å². The molecular weight excluding hydrogens is 216 g/mol. The van der Waals surface area contributed by atoms with Crippen molar-refractivity contribution in [3.05, 3.63) is 0 Å². The highest BCUT2D eigenvalue weighted by Crippen LogP contribution is 2.12. The van der Waals surface area contributed by atoms with E-state index in [0.717, 1.165) is 0 Å². The number of hydrogen-bond acceptors (Lipinski definition) is 5. The summed E-state index contributed by atoms with van der Waals surface area (Å²) in [7, 11) is 3.98. The molecule has 92 valence electrons. The van der Waals surface area contributed by atoms with Crippen molar-refractivity contribution in [1.29, 1.82) is 0 Å². The molecule has 15 heavy (non-hydrogen) atoms. The van der Waals surface area contributed by atoms with Crippen molar-refractivity contribution in [2.75, 3.05) is 41.7 Å². The topological polar surface area (TPSA) is 46.2 Å². The molecule has 0 aliphatic rings. The molecule has 0 radical (unpaired) electrons. The summed E-state index contributed by atoms with van der Waals surface area (Å²) < 4.78 is 26.2. The maximum absolute atomic E-state index is 5.42. The van der Waals surface area contributed by atoms with E-state index in [4.69, 9.17) is 22.8 Å². The van der Waals surface area contributed by atoms with E-state index in [1.54, 1.807) is 28.4 Å². The van der Waals surface area contributed by atoms with Crippen LogP contribution in [0.4, 0.5) is 0 Å². The zero-order valence-electron chi connectivity index (χ0n) is 10.2. The molecule has 0 fully saturated rings. The van der Waals surface area contributed by atoms with E-state index in [1.807, 2.05) is 6.92 Å². The van der Waals surface area contributed by atoms with Crippen LogP contribution in [0.3, 0.4) is 0 Å². The third kappa shape index (κ3) is 5.60. The summed E-state index contributed by atoms with van der Waals surface area (Å²) in [5, 5.41) is 0. The smallest absolute Gasteiger partial charge is 0.379 e. The van der Waals surface area contributed by atoms with Gasteiger partial charge in [-0.1, -0.05) is 0 Å². The lowest BCUT2D eigenvalue weighted by Gasteiger charge is -2.24. The van der Waals surface area contributed by atoms with Crippen molar-refractivity contribution in [3.8, 4) is 0 Å². The van der Waals surface area contributed by atoms with Gasteiger partial charge >= 0.3 is 8.80 Å². The Labute approximate surface area is 93.0 Å². The van der Waals surface area contributed by atoms with Gasteiger partial charge in [0.15, 0.2) is 0 Å². The molecule has 0 aliphatic heterocycles. The monoisotopic (exact) mass is 238 g/mol. The lowest BCUT2D eigenvalue weighted by atomic mass is 10.4. The van der Waals surface area contributed by atoms with Crippen molar-refractivity contribution in [2.45, 2.75) is 19.1 Å². The van der Waals surface area contributed by atoms with Crippen LogP contribution in [0.25, 0.3) is 0 Å². The second-order valence-corrected chi connectivity index (χ2v) is 6.26. The number of methoxy groups -OCH3 is 1. The Morgan fingerprint density at radius 1 is 1.00 bits per heavy atom. The van der Waals surface area contributed by atoms with Gasteiger partial charge in [-0.2, -0.15) is 0 Å². The van der Waals surface area contributed by atoms with E-state index in [-0.39, 0.29) is 6.10 Å². The molecule has 0 bridgehead atoms. The van der Waals surface area contributed by atoms with Gasteiger partial charge in [-0.15, -0.1) is 0 Å². The van der Waals surface area contributed by atoms with Gasteiger partial charge < -0.3 is 22.8 Å². The van der Waals surface area contributed by atoms with Crippen LogP contribution in [0, 0.1) is 0 Å². The van der Waals surface area contributed by atoms with Crippen molar-refractivity contribution >= 4 is 8.80 Å². The zero-order valence-corrected chi connectivity index (χ0v) is 11.2. The Hall–Kier alpha value is 0.0169. The Morgan fingerprint density at radius 2 is 1.53 bits per heavy atom. The highest BCUT2D eigenvalue weighted by atomic mass is 28.4. The van der Waals surface area contributed by atoms with E-state index < -0.39 is 8.80 Å². The normalized spacial score (nSPS) is 14.2. The van der Waals surface area contributed by atoms with Gasteiger partial charge in [0.25, 0.3) is 0 Å². The van der Waals surface area contributed by atoms with Crippen LogP contribution in [-0.4, -0.2) is 56.6 Å². The quantitative estimate of drug-likeness (QED) is 0.441. The minimum absolute atomic E-state index is 0.105. The van der Waals surface area contributed by atoms with Crippen LogP contribution < -0.4 is 0 Å². The van der Waals surface area contributed by atoms with E-state index in [1.165, 1.54) is 0 Å². The summed E-state index contributed by atoms with van der Waals surface area (Å²) in [6.45, 7) is 3.07. The summed E-state index contributed by atoms with van der Waals surface area (Å²) in [6.07, 6.45) is 0.105. The van der Waals surface area contributed by atoms with Crippen molar-refractivity contribution in [3.63, 3.8) is 0 Å². The molecule has 6 heteroatoms. The molecule has 0 saturated carbocycles. The summed E-state index contributed by atoms with van der Waals surface area (Å²) in [5.41, 5.74) is 0. The molecule has 0 amide bonds. The molecular formula is C9H22O5Si. The average molecular weight is 238 g/mol. The Balaban J connectivity index is 3.72. The zero-order chi connectivity index (χ0) is 11.7. The second kappa shape index (κ2) is 8.20. The first-order valence-electron chi connectivity index (χ1n) is 4.90. The summed E-state index contributed by atoms with van der Waals surface area (Å²) >= 11 is 0. The van der Waals surface area contributed by atoms with Crippen molar-refractivity contribution in [1.82, 2.24) is 0 Å². The standard InChI is InChI=1S/C9H22O5Si/c1-9(10-2)8-14-6-7-15(11-3,12-4)13-5/h9H,6-8H2,1-5H3.